The molecule has 1 aliphatic carbocycles. The second-order valence-electron chi connectivity index (χ2n) is 5.74. The number of carbonyl (C=O) groups is 1. The van der Waals surface area contributed by atoms with Gasteiger partial charge in [0.05, 0.1) is 12.5 Å². The Balaban J connectivity index is 1.47. The van der Waals surface area contributed by atoms with Crippen LogP contribution in [0.25, 0.3) is 0 Å². The summed E-state index contributed by atoms with van der Waals surface area (Å²) in [6, 6.07) is 3.55. The minimum absolute atomic E-state index is 0.116. The number of likely N-dealkylation sites (tertiary alicyclic amines) is 1. The van der Waals surface area contributed by atoms with Crippen LogP contribution < -0.4 is 10.0 Å². The van der Waals surface area contributed by atoms with Crippen LogP contribution >= 0.6 is 0 Å². The number of carbonyl (C=O) groups excluding carboxylic acids is 1. The van der Waals surface area contributed by atoms with Crippen molar-refractivity contribution < 1.29 is 17.6 Å². The molecule has 1 saturated carbocycles. The third-order valence-corrected chi connectivity index (χ3v) is 4.63. The smallest absolute Gasteiger partial charge is 0.317 e. The number of amides is 2. The number of sulfonamides is 1. The van der Waals surface area contributed by atoms with E-state index in [0.29, 0.717) is 19.5 Å². The largest absolute Gasteiger partial charge is 0.469 e. The Morgan fingerprint density at radius 3 is 2.95 bits per heavy atom. The van der Waals surface area contributed by atoms with Crippen molar-refractivity contribution in [1.82, 2.24) is 14.9 Å². The zero-order valence-corrected chi connectivity index (χ0v) is 12.6. The highest BCUT2D eigenvalue weighted by atomic mass is 32.2. The molecule has 1 aromatic heterocycles. The van der Waals surface area contributed by atoms with Crippen molar-refractivity contribution in [2.45, 2.75) is 30.8 Å². The maximum Gasteiger partial charge on any atom is 0.317 e. The van der Waals surface area contributed by atoms with Gasteiger partial charge in [-0.1, -0.05) is 0 Å². The first-order valence-corrected chi connectivity index (χ1v) is 8.87. The number of hydrogen-bond donors (Lipinski definition) is 2. The SMILES string of the molecule is CS(=O)(=O)NC1CCN(C(=O)N[C@@H]2C[C@H]2c2ccco2)C1. The van der Waals surface area contributed by atoms with E-state index in [1.807, 2.05) is 12.1 Å². The molecule has 2 aliphatic rings. The molecule has 0 spiro atoms. The van der Waals surface area contributed by atoms with Crippen molar-refractivity contribution in [2.75, 3.05) is 19.3 Å². The fourth-order valence-corrected chi connectivity index (χ4v) is 3.56. The van der Waals surface area contributed by atoms with Gasteiger partial charge >= 0.3 is 6.03 Å². The quantitative estimate of drug-likeness (QED) is 0.845. The molecule has 3 rings (SSSR count). The zero-order chi connectivity index (χ0) is 15.0. The lowest BCUT2D eigenvalue weighted by Crippen LogP contribution is -2.42. The summed E-state index contributed by atoms with van der Waals surface area (Å²) in [5.74, 6) is 1.16. The van der Waals surface area contributed by atoms with Gasteiger partial charge in [-0.15, -0.1) is 0 Å². The van der Waals surface area contributed by atoms with Crippen molar-refractivity contribution >= 4 is 16.1 Å². The summed E-state index contributed by atoms with van der Waals surface area (Å²) in [6.45, 7) is 0.980. The van der Waals surface area contributed by atoms with Crippen LogP contribution in [0.2, 0.25) is 0 Å². The van der Waals surface area contributed by atoms with E-state index in [4.69, 9.17) is 4.42 Å². The molecule has 2 amide bonds. The van der Waals surface area contributed by atoms with Crippen molar-refractivity contribution in [3.63, 3.8) is 0 Å². The fraction of sp³-hybridized carbons (Fsp3) is 0.615. The van der Waals surface area contributed by atoms with E-state index in [1.54, 1.807) is 11.2 Å². The Morgan fingerprint density at radius 2 is 2.29 bits per heavy atom. The molecule has 2 heterocycles. The summed E-state index contributed by atoms with van der Waals surface area (Å²) in [7, 11) is -3.23. The van der Waals surface area contributed by atoms with Crippen LogP contribution in [0.15, 0.2) is 22.8 Å². The molecule has 7 nitrogen and oxygen atoms in total. The molecule has 0 bridgehead atoms. The Labute approximate surface area is 123 Å². The third-order valence-electron chi connectivity index (χ3n) is 3.86. The summed E-state index contributed by atoms with van der Waals surface area (Å²) in [5.41, 5.74) is 0. The average molecular weight is 313 g/mol. The Kier molecular flexibility index (Phi) is 3.66. The van der Waals surface area contributed by atoms with Gasteiger partial charge in [-0.25, -0.2) is 17.9 Å². The molecule has 3 atom stereocenters. The monoisotopic (exact) mass is 313 g/mol. The first-order valence-electron chi connectivity index (χ1n) is 6.98. The molecule has 8 heteroatoms. The predicted octanol–water partition coefficient (Wildman–Crippen LogP) is 0.469. The summed E-state index contributed by atoms with van der Waals surface area (Å²) in [5, 5.41) is 2.97. The van der Waals surface area contributed by atoms with E-state index in [1.165, 1.54) is 0 Å². The summed E-state index contributed by atoms with van der Waals surface area (Å²) >= 11 is 0. The van der Waals surface area contributed by atoms with E-state index < -0.39 is 10.0 Å². The molecule has 0 aromatic carbocycles. The van der Waals surface area contributed by atoms with Crippen LogP contribution in [0.3, 0.4) is 0 Å². The van der Waals surface area contributed by atoms with Crippen LogP contribution in [-0.2, 0) is 10.0 Å². The highest BCUT2D eigenvalue weighted by molar-refractivity contribution is 7.88. The van der Waals surface area contributed by atoms with Gasteiger partial charge in [0.1, 0.15) is 5.76 Å². The van der Waals surface area contributed by atoms with Crippen LogP contribution in [0.4, 0.5) is 4.79 Å². The molecule has 2 fully saturated rings. The van der Waals surface area contributed by atoms with Crippen LogP contribution in [0.1, 0.15) is 24.5 Å². The maximum absolute atomic E-state index is 12.1. The minimum atomic E-state index is -3.23. The highest BCUT2D eigenvalue weighted by Gasteiger charge is 2.42. The molecule has 21 heavy (non-hydrogen) atoms. The van der Waals surface area contributed by atoms with Gasteiger partial charge in [0, 0.05) is 31.1 Å². The molecule has 1 aliphatic heterocycles. The number of urea groups is 1. The number of nitrogens with zero attached hydrogens (tertiary/aromatic N) is 1. The number of furan rings is 1. The fourth-order valence-electron chi connectivity index (χ4n) is 2.76. The van der Waals surface area contributed by atoms with Crippen LogP contribution in [0.5, 0.6) is 0 Å². The average Bonchev–Trinajstić information content (AvgIpc) is 2.83. The van der Waals surface area contributed by atoms with E-state index in [9.17, 15) is 13.2 Å². The van der Waals surface area contributed by atoms with Crippen molar-refractivity contribution in [3.05, 3.63) is 24.2 Å². The van der Waals surface area contributed by atoms with Gasteiger partial charge in [-0.2, -0.15) is 0 Å². The lowest BCUT2D eigenvalue weighted by molar-refractivity contribution is 0.207. The molecule has 1 unspecified atom stereocenters. The normalized spacial score (nSPS) is 28.6. The van der Waals surface area contributed by atoms with Crippen molar-refractivity contribution in [3.8, 4) is 0 Å². The third kappa shape index (κ3) is 3.56. The second kappa shape index (κ2) is 5.34. The minimum Gasteiger partial charge on any atom is -0.469 e. The topological polar surface area (TPSA) is 91.7 Å². The summed E-state index contributed by atoms with van der Waals surface area (Å²) in [6.07, 6.45) is 4.30. The van der Waals surface area contributed by atoms with Crippen LogP contribution in [0, 0.1) is 0 Å². The lowest BCUT2D eigenvalue weighted by Gasteiger charge is -2.17. The standard InChI is InChI=1S/C13H19N3O4S/c1-21(18,19)15-9-4-5-16(8-9)13(17)14-11-7-10(11)12-3-2-6-20-12/h2-3,6,9-11,15H,4-5,7-8H2,1H3,(H,14,17)/t9?,10-,11-/m1/s1. The van der Waals surface area contributed by atoms with Gasteiger partial charge in [0.2, 0.25) is 10.0 Å². The van der Waals surface area contributed by atoms with Crippen molar-refractivity contribution in [1.29, 1.82) is 0 Å². The van der Waals surface area contributed by atoms with E-state index in [0.717, 1.165) is 18.4 Å². The van der Waals surface area contributed by atoms with Gasteiger partial charge < -0.3 is 14.6 Å². The van der Waals surface area contributed by atoms with Crippen molar-refractivity contribution in [2.24, 2.45) is 0 Å². The molecule has 2 N–H and O–H groups in total. The number of nitrogens with one attached hydrogen (secondary N) is 2. The van der Waals surface area contributed by atoms with Crippen LogP contribution in [-0.4, -0.2) is 50.8 Å². The van der Waals surface area contributed by atoms with Gasteiger partial charge in [-0.3, -0.25) is 0 Å². The molecule has 116 valence electrons. The summed E-state index contributed by atoms with van der Waals surface area (Å²) in [4.78, 5) is 13.8. The number of rotatable bonds is 4. The highest BCUT2D eigenvalue weighted by Crippen LogP contribution is 2.41. The first-order chi connectivity index (χ1) is 9.92. The van der Waals surface area contributed by atoms with E-state index >= 15 is 0 Å². The molecular weight excluding hydrogens is 294 g/mol. The Morgan fingerprint density at radius 1 is 1.48 bits per heavy atom. The zero-order valence-electron chi connectivity index (χ0n) is 11.8. The second-order valence-corrected chi connectivity index (χ2v) is 7.52. The van der Waals surface area contributed by atoms with Gasteiger partial charge in [0.25, 0.3) is 0 Å². The molecule has 0 radical (unpaired) electrons. The Bertz CT molecular complexity index is 613. The molecule has 1 saturated heterocycles. The number of hydrogen-bond acceptors (Lipinski definition) is 4. The first kappa shape index (κ1) is 14.4. The van der Waals surface area contributed by atoms with Gasteiger partial charge in [-0.05, 0) is 25.0 Å². The van der Waals surface area contributed by atoms with E-state index in [2.05, 4.69) is 10.0 Å². The maximum atomic E-state index is 12.1. The lowest BCUT2D eigenvalue weighted by atomic mass is 10.3. The van der Waals surface area contributed by atoms with Gasteiger partial charge in [0.15, 0.2) is 0 Å². The summed E-state index contributed by atoms with van der Waals surface area (Å²) < 4.78 is 30.2. The van der Waals surface area contributed by atoms with E-state index in [-0.39, 0.29) is 24.0 Å². The molecular formula is C13H19N3O4S. The Hall–Kier alpha value is -1.54. The molecule has 1 aromatic rings. The predicted molar refractivity (Wildman–Crippen MR) is 76.3 cm³/mol.